The SMILES string of the molecule is CC(C)c1[c-]nnc(N)n1.[W]. The molecule has 0 aliphatic heterocycles. The van der Waals surface area contributed by atoms with Gasteiger partial charge in [0.1, 0.15) is 0 Å². The minimum atomic E-state index is 0. The van der Waals surface area contributed by atoms with Crippen LogP contribution in [0.15, 0.2) is 0 Å². The first-order valence-electron chi connectivity index (χ1n) is 3.08. The number of aromatic nitrogens is 3. The second-order valence-corrected chi connectivity index (χ2v) is 2.32. The van der Waals surface area contributed by atoms with Crippen molar-refractivity contribution in [1.82, 2.24) is 15.2 Å². The van der Waals surface area contributed by atoms with E-state index in [0.717, 1.165) is 5.69 Å². The van der Waals surface area contributed by atoms with Crippen LogP contribution in [0.25, 0.3) is 0 Å². The van der Waals surface area contributed by atoms with Crippen molar-refractivity contribution in [2.45, 2.75) is 19.8 Å². The third-order valence-electron chi connectivity index (χ3n) is 1.10. The van der Waals surface area contributed by atoms with Crippen LogP contribution in [-0.2, 0) is 21.1 Å². The number of hydrogen-bond acceptors (Lipinski definition) is 4. The van der Waals surface area contributed by atoms with Crippen molar-refractivity contribution in [3.8, 4) is 0 Å². The summed E-state index contributed by atoms with van der Waals surface area (Å²) in [6.07, 6.45) is 2.66. The van der Waals surface area contributed by atoms with Crippen molar-refractivity contribution in [2.75, 3.05) is 5.73 Å². The average Bonchev–Trinajstić information content (AvgIpc) is 1.88. The van der Waals surface area contributed by atoms with E-state index in [-0.39, 0.29) is 27.0 Å². The number of nitrogens with two attached hydrogens (primary N) is 1. The monoisotopic (exact) mass is 321 g/mol. The van der Waals surface area contributed by atoms with Crippen LogP contribution in [0.4, 0.5) is 5.95 Å². The summed E-state index contributed by atoms with van der Waals surface area (Å²) in [6.45, 7) is 4.00. The Bertz CT molecular complexity index is 226. The van der Waals surface area contributed by atoms with E-state index >= 15 is 0 Å². The maximum Gasteiger partial charge on any atom is 0.234 e. The van der Waals surface area contributed by atoms with Crippen molar-refractivity contribution in [1.29, 1.82) is 0 Å². The Kier molecular flexibility index (Phi) is 4.19. The van der Waals surface area contributed by atoms with Crippen molar-refractivity contribution in [3.63, 3.8) is 0 Å². The zero-order valence-electron chi connectivity index (χ0n) is 6.40. The predicted octanol–water partition coefficient (Wildman–Crippen LogP) is 0.375. The van der Waals surface area contributed by atoms with E-state index in [9.17, 15) is 0 Å². The van der Waals surface area contributed by atoms with Gasteiger partial charge in [0.15, 0.2) is 0 Å². The maximum atomic E-state index is 5.29. The van der Waals surface area contributed by atoms with E-state index in [4.69, 9.17) is 5.73 Å². The molecule has 1 heterocycles. The number of rotatable bonds is 1. The zero-order chi connectivity index (χ0) is 7.56. The van der Waals surface area contributed by atoms with Gasteiger partial charge in [-0.15, -0.1) is 10.8 Å². The van der Waals surface area contributed by atoms with Gasteiger partial charge >= 0.3 is 0 Å². The minimum absolute atomic E-state index is 0. The normalized spacial score (nSPS) is 9.36. The van der Waals surface area contributed by atoms with Gasteiger partial charge in [-0.3, -0.25) is 4.98 Å². The first-order chi connectivity index (χ1) is 4.70. The molecule has 60 valence electrons. The molecular weight excluding hydrogens is 312 g/mol. The summed E-state index contributed by atoms with van der Waals surface area (Å²) in [5, 5.41) is 7.03. The van der Waals surface area contributed by atoms with E-state index in [1.54, 1.807) is 0 Å². The molecule has 0 aromatic carbocycles. The van der Waals surface area contributed by atoms with Crippen LogP contribution in [0.1, 0.15) is 25.5 Å². The Morgan fingerprint density at radius 2 is 2.09 bits per heavy atom. The van der Waals surface area contributed by atoms with E-state index < -0.39 is 0 Å². The molecule has 4 nitrogen and oxygen atoms in total. The third-order valence-corrected chi connectivity index (χ3v) is 1.10. The fourth-order valence-corrected chi connectivity index (χ4v) is 0.556. The Labute approximate surface area is 79.9 Å². The van der Waals surface area contributed by atoms with Crippen molar-refractivity contribution >= 4 is 5.95 Å². The molecule has 0 atom stereocenters. The van der Waals surface area contributed by atoms with Crippen molar-refractivity contribution in [2.24, 2.45) is 0 Å². The molecular formula is C6H9N4W-. The number of anilines is 1. The number of nitrogen functional groups attached to an aromatic ring is 1. The van der Waals surface area contributed by atoms with Crippen molar-refractivity contribution < 1.29 is 21.1 Å². The van der Waals surface area contributed by atoms with Crippen LogP contribution in [0.3, 0.4) is 0 Å². The van der Waals surface area contributed by atoms with Gasteiger partial charge in [0.25, 0.3) is 0 Å². The molecule has 0 saturated carbocycles. The van der Waals surface area contributed by atoms with Crippen LogP contribution in [0, 0.1) is 6.20 Å². The Balaban J connectivity index is 0.000001000. The standard InChI is InChI=1S/C6H9N4.W/c1-4(2)5-3-8-10-6(7)9-5;/h4H,1-2H3,(H2,7,9,10);/q-1;. The number of hydrogen-bond donors (Lipinski definition) is 1. The Hall–Kier alpha value is -0.502. The Morgan fingerprint density at radius 3 is 2.45 bits per heavy atom. The van der Waals surface area contributed by atoms with Gasteiger partial charge in [-0.2, -0.15) is 0 Å². The minimum Gasteiger partial charge on any atom is -0.367 e. The molecule has 0 aliphatic carbocycles. The van der Waals surface area contributed by atoms with E-state index in [1.165, 1.54) is 0 Å². The molecule has 0 saturated heterocycles. The molecule has 0 aliphatic rings. The van der Waals surface area contributed by atoms with Crippen LogP contribution >= 0.6 is 0 Å². The first kappa shape index (κ1) is 10.5. The summed E-state index contributed by atoms with van der Waals surface area (Å²) in [7, 11) is 0. The van der Waals surface area contributed by atoms with Gasteiger partial charge in [-0.1, -0.05) is 13.8 Å². The predicted molar refractivity (Wildman–Crippen MR) is 37.2 cm³/mol. The van der Waals surface area contributed by atoms with Gasteiger partial charge in [-0.05, 0) is 5.92 Å². The topological polar surface area (TPSA) is 64.7 Å². The molecule has 5 heteroatoms. The second kappa shape index (κ2) is 4.39. The quantitative estimate of drug-likeness (QED) is 0.760. The van der Waals surface area contributed by atoms with E-state index in [1.807, 2.05) is 13.8 Å². The summed E-state index contributed by atoms with van der Waals surface area (Å²) >= 11 is 0. The molecule has 2 N–H and O–H groups in total. The van der Waals surface area contributed by atoms with Gasteiger partial charge in [0.2, 0.25) is 5.95 Å². The molecule has 0 unspecified atom stereocenters. The molecule has 1 aromatic rings. The summed E-state index contributed by atoms with van der Waals surface area (Å²) in [5.74, 6) is 0.514. The number of nitrogens with zero attached hydrogens (tertiary/aromatic N) is 3. The largest absolute Gasteiger partial charge is 0.367 e. The molecule has 1 rings (SSSR count). The summed E-state index contributed by atoms with van der Waals surface area (Å²) in [6, 6.07) is 0. The third kappa shape index (κ3) is 2.93. The van der Waals surface area contributed by atoms with Gasteiger partial charge in [0.05, 0.1) is 0 Å². The molecule has 11 heavy (non-hydrogen) atoms. The summed E-state index contributed by atoms with van der Waals surface area (Å²) in [4.78, 5) is 3.92. The van der Waals surface area contributed by atoms with Gasteiger partial charge < -0.3 is 17.0 Å². The molecule has 0 fully saturated rings. The fourth-order valence-electron chi connectivity index (χ4n) is 0.556. The van der Waals surface area contributed by atoms with Crippen LogP contribution in [-0.4, -0.2) is 15.2 Å². The van der Waals surface area contributed by atoms with Crippen LogP contribution in [0.5, 0.6) is 0 Å². The molecule has 0 bridgehead atoms. The van der Waals surface area contributed by atoms with Crippen LogP contribution in [0.2, 0.25) is 0 Å². The smallest absolute Gasteiger partial charge is 0.234 e. The maximum absolute atomic E-state index is 5.29. The van der Waals surface area contributed by atoms with Crippen LogP contribution < -0.4 is 5.73 Å². The summed E-state index contributed by atoms with van der Waals surface area (Å²) < 4.78 is 0. The van der Waals surface area contributed by atoms with Crippen molar-refractivity contribution in [3.05, 3.63) is 11.9 Å². The molecule has 1 aromatic heterocycles. The molecule has 0 radical (unpaired) electrons. The molecule has 0 spiro atoms. The fraction of sp³-hybridized carbons (Fsp3) is 0.500. The van der Waals surface area contributed by atoms with Gasteiger partial charge in [0, 0.05) is 21.1 Å². The first-order valence-corrected chi connectivity index (χ1v) is 3.08. The van der Waals surface area contributed by atoms with E-state index in [2.05, 4.69) is 21.4 Å². The zero-order valence-corrected chi connectivity index (χ0v) is 9.34. The Morgan fingerprint density at radius 1 is 1.45 bits per heavy atom. The van der Waals surface area contributed by atoms with Gasteiger partial charge in [-0.25, -0.2) is 0 Å². The van der Waals surface area contributed by atoms with E-state index in [0.29, 0.717) is 5.92 Å². The summed E-state index contributed by atoms with van der Waals surface area (Å²) in [5.41, 5.74) is 6.05. The average molecular weight is 321 g/mol. The second-order valence-electron chi connectivity index (χ2n) is 2.32. The molecule has 0 amide bonds.